The Morgan fingerprint density at radius 2 is 1.88 bits per heavy atom. The van der Waals surface area contributed by atoms with Gasteiger partial charge >= 0.3 is 0 Å². The molecule has 168 valence electrons. The van der Waals surface area contributed by atoms with E-state index in [0.717, 1.165) is 38.6 Å². The van der Waals surface area contributed by atoms with E-state index in [1.807, 2.05) is 60.7 Å². The van der Waals surface area contributed by atoms with Gasteiger partial charge in [0.05, 0.1) is 35.8 Å². The summed E-state index contributed by atoms with van der Waals surface area (Å²) < 4.78 is 12.3. The summed E-state index contributed by atoms with van der Waals surface area (Å²) in [6.07, 6.45) is 2.66. The van der Waals surface area contributed by atoms with Crippen LogP contribution in [0.2, 0.25) is 0 Å². The second-order valence-corrected chi connectivity index (χ2v) is 8.44. The molecule has 4 aromatic rings. The predicted molar refractivity (Wildman–Crippen MR) is 137 cm³/mol. The summed E-state index contributed by atoms with van der Waals surface area (Å²) in [5, 5.41) is 5.21. The number of fused-ring (bicyclic) bond motifs is 1. The SMILES string of the molecule is CCCOc1ccc(/C=N/NC(=Nc2ccc(C)cc2)c2nc3ccccc3s2)cc1OC. The minimum absolute atomic E-state index is 0.589. The second-order valence-electron chi connectivity index (χ2n) is 7.41. The molecule has 1 N–H and O–H groups in total. The predicted octanol–water partition coefficient (Wildman–Crippen LogP) is 6.10. The smallest absolute Gasteiger partial charge is 0.183 e. The lowest BCUT2D eigenvalue weighted by Crippen LogP contribution is -2.18. The molecule has 3 aromatic carbocycles. The van der Waals surface area contributed by atoms with Gasteiger partial charge in [0.2, 0.25) is 0 Å². The fourth-order valence-electron chi connectivity index (χ4n) is 3.11. The molecule has 6 nitrogen and oxygen atoms in total. The van der Waals surface area contributed by atoms with E-state index in [9.17, 15) is 0 Å². The van der Waals surface area contributed by atoms with Crippen LogP contribution in [0, 0.1) is 6.92 Å². The molecule has 0 atom stereocenters. The first-order chi connectivity index (χ1) is 16.2. The molecule has 0 aliphatic carbocycles. The zero-order chi connectivity index (χ0) is 23.0. The monoisotopic (exact) mass is 458 g/mol. The van der Waals surface area contributed by atoms with Crippen LogP contribution < -0.4 is 14.9 Å². The summed E-state index contributed by atoms with van der Waals surface area (Å²) in [4.78, 5) is 9.51. The molecule has 4 rings (SSSR count). The Morgan fingerprint density at radius 3 is 2.64 bits per heavy atom. The van der Waals surface area contributed by atoms with Crippen molar-refractivity contribution in [3.8, 4) is 11.5 Å². The third kappa shape index (κ3) is 5.75. The van der Waals surface area contributed by atoms with Crippen molar-refractivity contribution in [1.82, 2.24) is 10.4 Å². The van der Waals surface area contributed by atoms with Crippen molar-refractivity contribution in [2.75, 3.05) is 13.7 Å². The Labute approximate surface area is 197 Å². The lowest BCUT2D eigenvalue weighted by atomic mass is 10.2. The van der Waals surface area contributed by atoms with Gasteiger partial charge in [0.15, 0.2) is 22.3 Å². The van der Waals surface area contributed by atoms with Gasteiger partial charge < -0.3 is 9.47 Å². The summed E-state index contributed by atoms with van der Waals surface area (Å²) in [6, 6.07) is 21.8. The molecule has 0 radical (unpaired) electrons. The van der Waals surface area contributed by atoms with Crippen LogP contribution in [-0.4, -0.2) is 30.8 Å². The molecule has 0 unspecified atom stereocenters. The van der Waals surface area contributed by atoms with E-state index < -0.39 is 0 Å². The van der Waals surface area contributed by atoms with E-state index >= 15 is 0 Å². The normalized spacial score (nSPS) is 11.8. The Hall–Kier alpha value is -3.71. The molecule has 0 amide bonds. The number of aliphatic imine (C=N–C) groups is 1. The molecular weight excluding hydrogens is 432 g/mol. The van der Waals surface area contributed by atoms with Crippen molar-refractivity contribution in [3.05, 3.63) is 82.9 Å². The number of aryl methyl sites for hydroxylation is 1. The number of hydrazone groups is 1. The van der Waals surface area contributed by atoms with Crippen molar-refractivity contribution in [3.63, 3.8) is 0 Å². The number of methoxy groups -OCH3 is 1. The van der Waals surface area contributed by atoms with Crippen LogP contribution in [0.4, 0.5) is 5.69 Å². The topological polar surface area (TPSA) is 68.1 Å². The van der Waals surface area contributed by atoms with Crippen molar-refractivity contribution in [2.24, 2.45) is 10.1 Å². The highest BCUT2D eigenvalue weighted by Crippen LogP contribution is 2.28. The molecule has 1 aromatic heterocycles. The minimum Gasteiger partial charge on any atom is -0.493 e. The molecule has 0 fully saturated rings. The molecule has 7 heteroatoms. The van der Waals surface area contributed by atoms with Crippen LogP contribution in [0.3, 0.4) is 0 Å². The number of ether oxygens (including phenoxy) is 2. The van der Waals surface area contributed by atoms with Crippen molar-refractivity contribution in [1.29, 1.82) is 0 Å². The standard InChI is InChI=1S/C26H26N4O2S/c1-4-15-32-22-14-11-19(16-23(22)31-3)17-27-30-25(28-20-12-9-18(2)10-13-20)26-29-21-7-5-6-8-24(21)33-26/h5-14,16-17H,4,15H2,1-3H3,(H,28,30)/b27-17+. The second kappa shape index (κ2) is 10.7. The van der Waals surface area contributed by atoms with E-state index in [1.54, 1.807) is 24.7 Å². The minimum atomic E-state index is 0.589. The lowest BCUT2D eigenvalue weighted by molar-refractivity contribution is 0.294. The summed E-state index contributed by atoms with van der Waals surface area (Å²) in [7, 11) is 1.63. The van der Waals surface area contributed by atoms with Gasteiger partial charge in [0.25, 0.3) is 0 Å². The largest absolute Gasteiger partial charge is 0.493 e. The number of nitrogens with zero attached hydrogens (tertiary/aromatic N) is 3. The molecule has 0 aliphatic heterocycles. The average Bonchev–Trinajstić information content (AvgIpc) is 3.28. The lowest BCUT2D eigenvalue weighted by Gasteiger charge is -2.10. The van der Waals surface area contributed by atoms with Crippen LogP contribution in [0.5, 0.6) is 11.5 Å². The summed E-state index contributed by atoms with van der Waals surface area (Å²) in [5.41, 5.74) is 6.92. The number of rotatable bonds is 8. The average molecular weight is 459 g/mol. The fourth-order valence-corrected chi connectivity index (χ4v) is 4.01. The molecule has 0 spiro atoms. The Kier molecular flexibility index (Phi) is 7.32. The highest BCUT2D eigenvalue weighted by molar-refractivity contribution is 7.20. The number of hydrogen-bond donors (Lipinski definition) is 1. The molecule has 0 aliphatic rings. The maximum absolute atomic E-state index is 5.73. The van der Waals surface area contributed by atoms with Crippen molar-refractivity contribution in [2.45, 2.75) is 20.3 Å². The van der Waals surface area contributed by atoms with Crippen LogP contribution >= 0.6 is 11.3 Å². The zero-order valence-electron chi connectivity index (χ0n) is 18.9. The Balaban J connectivity index is 1.60. The number of amidine groups is 1. The first-order valence-corrected chi connectivity index (χ1v) is 11.6. The molecule has 33 heavy (non-hydrogen) atoms. The number of nitrogens with one attached hydrogen (secondary N) is 1. The Bertz CT molecular complexity index is 1250. The number of aromatic nitrogens is 1. The molecular formula is C26H26N4O2S. The van der Waals surface area contributed by atoms with Crippen LogP contribution in [0.1, 0.15) is 29.5 Å². The van der Waals surface area contributed by atoms with E-state index in [4.69, 9.17) is 19.5 Å². The van der Waals surface area contributed by atoms with Gasteiger partial charge in [0, 0.05) is 0 Å². The summed E-state index contributed by atoms with van der Waals surface area (Å²) in [5.74, 6) is 1.99. The van der Waals surface area contributed by atoms with Gasteiger partial charge in [-0.3, -0.25) is 5.43 Å². The molecule has 0 saturated heterocycles. The van der Waals surface area contributed by atoms with E-state index in [2.05, 4.69) is 30.4 Å². The van der Waals surface area contributed by atoms with Crippen LogP contribution in [0.25, 0.3) is 10.2 Å². The maximum atomic E-state index is 5.73. The number of hydrogen-bond acceptors (Lipinski definition) is 6. The highest BCUT2D eigenvalue weighted by atomic mass is 32.1. The third-order valence-corrected chi connectivity index (χ3v) is 5.85. The van der Waals surface area contributed by atoms with E-state index in [-0.39, 0.29) is 0 Å². The maximum Gasteiger partial charge on any atom is 0.183 e. The van der Waals surface area contributed by atoms with E-state index in [1.165, 1.54) is 5.56 Å². The highest BCUT2D eigenvalue weighted by Gasteiger charge is 2.11. The Morgan fingerprint density at radius 1 is 1.06 bits per heavy atom. The quantitative estimate of drug-likeness (QED) is 0.197. The fraction of sp³-hybridized carbons (Fsp3) is 0.192. The van der Waals surface area contributed by atoms with Crippen LogP contribution in [0.15, 0.2) is 76.8 Å². The van der Waals surface area contributed by atoms with E-state index in [0.29, 0.717) is 18.2 Å². The van der Waals surface area contributed by atoms with Gasteiger partial charge in [0.1, 0.15) is 0 Å². The molecule has 1 heterocycles. The number of thiazole rings is 1. The number of benzene rings is 3. The van der Waals surface area contributed by atoms with Crippen molar-refractivity contribution < 1.29 is 9.47 Å². The van der Waals surface area contributed by atoms with Gasteiger partial charge in [-0.05, 0) is 61.4 Å². The molecule has 0 bridgehead atoms. The molecule has 0 saturated carbocycles. The number of para-hydroxylation sites is 1. The third-order valence-electron chi connectivity index (χ3n) is 4.80. The van der Waals surface area contributed by atoms with Gasteiger partial charge in [-0.1, -0.05) is 36.8 Å². The zero-order valence-corrected chi connectivity index (χ0v) is 19.7. The van der Waals surface area contributed by atoms with Gasteiger partial charge in [-0.2, -0.15) is 5.10 Å². The summed E-state index contributed by atoms with van der Waals surface area (Å²) >= 11 is 1.57. The van der Waals surface area contributed by atoms with Crippen molar-refractivity contribution >= 4 is 39.3 Å². The van der Waals surface area contributed by atoms with Gasteiger partial charge in [-0.25, -0.2) is 9.98 Å². The summed E-state index contributed by atoms with van der Waals surface area (Å²) in [6.45, 7) is 4.77. The first kappa shape index (κ1) is 22.5. The van der Waals surface area contributed by atoms with Gasteiger partial charge in [-0.15, -0.1) is 11.3 Å². The van der Waals surface area contributed by atoms with Crippen LogP contribution in [-0.2, 0) is 0 Å². The first-order valence-electron chi connectivity index (χ1n) is 10.8.